The van der Waals surface area contributed by atoms with E-state index in [1.807, 2.05) is 18.2 Å². The number of benzene rings is 2. The molecular formula is C24H32O3Si. The average Bonchev–Trinajstić information content (AvgIpc) is 2.68. The summed E-state index contributed by atoms with van der Waals surface area (Å²) in [6, 6.07) is 21.1. The van der Waals surface area contributed by atoms with Crippen LogP contribution in [-0.4, -0.2) is 25.5 Å². The summed E-state index contributed by atoms with van der Waals surface area (Å²) in [4.78, 5) is 10.8. The average molecular weight is 397 g/mol. The van der Waals surface area contributed by atoms with Gasteiger partial charge < -0.3 is 9.53 Å². The van der Waals surface area contributed by atoms with Gasteiger partial charge in [-0.15, -0.1) is 6.58 Å². The minimum atomic E-state index is -2.60. The molecule has 0 amide bonds. The summed E-state index contributed by atoms with van der Waals surface area (Å²) in [7, 11) is -2.60. The van der Waals surface area contributed by atoms with Crippen LogP contribution in [0.4, 0.5) is 0 Å². The first kappa shape index (κ1) is 22.1. The number of aliphatic carboxylic acids is 1. The molecule has 4 heteroatoms. The Labute approximate surface area is 170 Å². The fraction of sp³-hybridized carbons (Fsp3) is 0.375. The second-order valence-corrected chi connectivity index (χ2v) is 12.4. The normalized spacial score (nSPS) is 13.1. The zero-order valence-corrected chi connectivity index (χ0v) is 18.2. The molecule has 2 aromatic carbocycles. The number of carboxylic acid groups (broad SMARTS) is 1. The zero-order chi connectivity index (χ0) is 20.6. The molecule has 2 rings (SSSR count). The highest BCUT2D eigenvalue weighted by Gasteiger charge is 2.51. The summed E-state index contributed by atoms with van der Waals surface area (Å²) in [5, 5.41) is 11.3. The molecule has 0 aliphatic carbocycles. The smallest absolute Gasteiger partial charge is 0.303 e. The Hall–Kier alpha value is -2.17. The van der Waals surface area contributed by atoms with Crippen molar-refractivity contribution in [2.45, 2.75) is 57.6 Å². The molecule has 2 aromatic rings. The lowest BCUT2D eigenvalue weighted by Gasteiger charge is -2.44. The largest absolute Gasteiger partial charge is 0.481 e. The third-order valence-electron chi connectivity index (χ3n) is 5.14. The maximum atomic E-state index is 10.8. The Morgan fingerprint density at radius 2 is 1.54 bits per heavy atom. The molecule has 3 nitrogen and oxygen atoms in total. The van der Waals surface area contributed by atoms with Crippen molar-refractivity contribution in [1.29, 1.82) is 0 Å². The van der Waals surface area contributed by atoms with Gasteiger partial charge in [-0.2, -0.15) is 0 Å². The molecule has 0 spiro atoms. The fourth-order valence-electron chi connectivity index (χ4n) is 3.76. The Morgan fingerprint density at radius 1 is 1.04 bits per heavy atom. The molecule has 1 atom stereocenters. The van der Waals surface area contributed by atoms with Crippen molar-refractivity contribution >= 4 is 24.7 Å². The van der Waals surface area contributed by atoms with E-state index in [1.54, 1.807) is 0 Å². The van der Waals surface area contributed by atoms with E-state index < -0.39 is 14.3 Å². The first-order valence-corrected chi connectivity index (χ1v) is 11.9. The molecule has 0 aliphatic rings. The maximum Gasteiger partial charge on any atom is 0.303 e. The van der Waals surface area contributed by atoms with Crippen LogP contribution in [0.15, 0.2) is 73.3 Å². The van der Waals surface area contributed by atoms with Crippen LogP contribution >= 0.6 is 0 Å². The van der Waals surface area contributed by atoms with E-state index in [0.29, 0.717) is 6.42 Å². The quantitative estimate of drug-likeness (QED) is 0.358. The van der Waals surface area contributed by atoms with E-state index in [1.165, 1.54) is 10.4 Å². The SMILES string of the molecule is C=CC(CCCCC(=O)O)O[Si](c1ccccc1)(c1ccccc1)C(C)(C)C. The molecule has 150 valence electrons. The van der Waals surface area contributed by atoms with E-state index in [-0.39, 0.29) is 17.6 Å². The van der Waals surface area contributed by atoms with Crippen molar-refractivity contribution in [1.82, 2.24) is 0 Å². The first-order chi connectivity index (χ1) is 13.3. The van der Waals surface area contributed by atoms with Gasteiger partial charge in [0.15, 0.2) is 0 Å². The van der Waals surface area contributed by atoms with Crippen LogP contribution in [0.25, 0.3) is 0 Å². The lowest BCUT2D eigenvalue weighted by Crippen LogP contribution is -2.67. The number of hydrogen-bond donors (Lipinski definition) is 1. The molecule has 0 aromatic heterocycles. The zero-order valence-electron chi connectivity index (χ0n) is 17.2. The Bertz CT molecular complexity index is 711. The summed E-state index contributed by atoms with van der Waals surface area (Å²) in [5.74, 6) is -0.747. The second kappa shape index (κ2) is 9.85. The molecule has 0 saturated heterocycles. The van der Waals surface area contributed by atoms with Crippen molar-refractivity contribution in [2.75, 3.05) is 0 Å². The predicted molar refractivity (Wildman–Crippen MR) is 119 cm³/mol. The van der Waals surface area contributed by atoms with Gasteiger partial charge in [0.25, 0.3) is 8.32 Å². The highest BCUT2D eigenvalue weighted by atomic mass is 28.4. The van der Waals surface area contributed by atoms with E-state index in [2.05, 4.69) is 75.9 Å². The summed E-state index contributed by atoms with van der Waals surface area (Å²) in [6.07, 6.45) is 4.20. The van der Waals surface area contributed by atoms with Crippen LogP contribution in [0.2, 0.25) is 5.04 Å². The molecule has 0 radical (unpaired) electrons. The molecule has 1 unspecified atom stereocenters. The van der Waals surface area contributed by atoms with Crippen molar-refractivity contribution < 1.29 is 14.3 Å². The van der Waals surface area contributed by atoms with Crippen LogP contribution in [0.1, 0.15) is 46.5 Å². The minimum absolute atomic E-state index is 0.0853. The number of unbranched alkanes of at least 4 members (excludes halogenated alkanes) is 1. The van der Waals surface area contributed by atoms with Crippen LogP contribution in [-0.2, 0) is 9.22 Å². The van der Waals surface area contributed by atoms with E-state index in [0.717, 1.165) is 12.8 Å². The second-order valence-electron chi connectivity index (χ2n) is 8.19. The van der Waals surface area contributed by atoms with Gasteiger partial charge in [-0.05, 0) is 28.3 Å². The topological polar surface area (TPSA) is 46.5 Å². The van der Waals surface area contributed by atoms with Crippen LogP contribution in [0, 0.1) is 0 Å². The molecule has 0 bridgehead atoms. The molecular weight excluding hydrogens is 364 g/mol. The van der Waals surface area contributed by atoms with Crippen LogP contribution < -0.4 is 10.4 Å². The standard InChI is InChI=1S/C24H32O3Si/c1-5-20(14-12-13-19-23(25)26)27-28(24(2,3)4,21-15-8-6-9-16-21)22-17-10-7-11-18-22/h5-11,15-18,20H,1,12-14,19H2,2-4H3,(H,25,26). The Balaban J connectivity index is 2.43. The lowest BCUT2D eigenvalue weighted by atomic mass is 10.1. The van der Waals surface area contributed by atoms with Gasteiger partial charge in [0.2, 0.25) is 0 Å². The van der Waals surface area contributed by atoms with Gasteiger partial charge in [0, 0.05) is 6.42 Å². The maximum absolute atomic E-state index is 10.8. The Kier molecular flexibility index (Phi) is 7.78. The molecule has 28 heavy (non-hydrogen) atoms. The monoisotopic (exact) mass is 396 g/mol. The summed E-state index contributed by atoms with van der Waals surface area (Å²) < 4.78 is 7.00. The third kappa shape index (κ3) is 5.21. The number of carbonyl (C=O) groups is 1. The van der Waals surface area contributed by atoms with Gasteiger partial charge in [0.05, 0.1) is 6.10 Å². The highest BCUT2D eigenvalue weighted by molar-refractivity contribution is 6.99. The van der Waals surface area contributed by atoms with Gasteiger partial charge in [-0.25, -0.2) is 0 Å². The molecule has 0 aliphatic heterocycles. The minimum Gasteiger partial charge on any atom is -0.481 e. The van der Waals surface area contributed by atoms with E-state index in [4.69, 9.17) is 9.53 Å². The first-order valence-electron chi connectivity index (χ1n) is 9.94. The number of hydrogen-bond acceptors (Lipinski definition) is 2. The van der Waals surface area contributed by atoms with Crippen molar-refractivity contribution in [2.24, 2.45) is 0 Å². The van der Waals surface area contributed by atoms with Gasteiger partial charge in [-0.1, -0.05) is 93.9 Å². The summed E-state index contributed by atoms with van der Waals surface area (Å²) in [5.41, 5.74) is 0. The molecule has 0 heterocycles. The predicted octanol–water partition coefficient (Wildman–Crippen LogP) is 4.76. The van der Waals surface area contributed by atoms with E-state index >= 15 is 0 Å². The lowest BCUT2D eigenvalue weighted by molar-refractivity contribution is -0.137. The highest BCUT2D eigenvalue weighted by Crippen LogP contribution is 2.38. The molecule has 0 fully saturated rings. The number of carboxylic acids is 1. The number of rotatable bonds is 10. The van der Waals surface area contributed by atoms with Gasteiger partial charge >= 0.3 is 5.97 Å². The van der Waals surface area contributed by atoms with Crippen molar-refractivity contribution in [3.05, 3.63) is 73.3 Å². The van der Waals surface area contributed by atoms with Crippen molar-refractivity contribution in [3.8, 4) is 0 Å². The summed E-state index contributed by atoms with van der Waals surface area (Å²) in [6.45, 7) is 10.8. The summed E-state index contributed by atoms with van der Waals surface area (Å²) >= 11 is 0. The van der Waals surface area contributed by atoms with Gasteiger partial charge in [-0.3, -0.25) is 4.79 Å². The third-order valence-corrected chi connectivity index (χ3v) is 10.2. The Morgan fingerprint density at radius 3 is 1.93 bits per heavy atom. The molecule has 0 saturated carbocycles. The van der Waals surface area contributed by atoms with Crippen LogP contribution in [0.5, 0.6) is 0 Å². The van der Waals surface area contributed by atoms with Gasteiger partial charge in [0.1, 0.15) is 0 Å². The van der Waals surface area contributed by atoms with Crippen molar-refractivity contribution in [3.63, 3.8) is 0 Å². The van der Waals surface area contributed by atoms with Crippen LogP contribution in [0.3, 0.4) is 0 Å². The van der Waals surface area contributed by atoms with E-state index in [9.17, 15) is 4.79 Å². The fourth-order valence-corrected chi connectivity index (χ4v) is 8.45. The molecule has 1 N–H and O–H groups in total.